The van der Waals surface area contributed by atoms with Crippen LogP contribution >= 0.6 is 0 Å². The van der Waals surface area contributed by atoms with Gasteiger partial charge in [-0.1, -0.05) is 20.8 Å². The number of nitrogens with zero attached hydrogens (tertiary/aromatic N) is 1. The Kier molecular flexibility index (Phi) is 8.78. The van der Waals surface area contributed by atoms with Crippen molar-refractivity contribution in [3.05, 3.63) is 0 Å². The van der Waals surface area contributed by atoms with Crippen molar-refractivity contribution >= 4 is 0 Å². The lowest BCUT2D eigenvalue weighted by Gasteiger charge is -2.35. The highest BCUT2D eigenvalue weighted by atomic mass is 16.5. The van der Waals surface area contributed by atoms with Gasteiger partial charge in [-0.25, -0.2) is 0 Å². The molecule has 0 radical (unpaired) electrons. The first-order chi connectivity index (χ1) is 8.32. The van der Waals surface area contributed by atoms with Crippen LogP contribution in [0.15, 0.2) is 0 Å². The van der Waals surface area contributed by atoms with Crippen LogP contribution in [0.5, 0.6) is 0 Å². The molecule has 0 heterocycles. The number of hydrogen-bond donors (Lipinski definition) is 2. The van der Waals surface area contributed by atoms with E-state index < -0.39 is 5.60 Å². The SMILES string of the molecule is CCC(C)N(CCOC)CC(C)(O)CNC(C)C. The Hall–Kier alpha value is -0.160. The quantitative estimate of drug-likeness (QED) is 0.624. The van der Waals surface area contributed by atoms with Gasteiger partial charge in [-0.05, 0) is 20.3 Å². The number of aliphatic hydroxyl groups is 1. The number of rotatable bonds is 10. The Labute approximate surface area is 113 Å². The minimum atomic E-state index is -0.707. The normalized spacial score (nSPS) is 17.2. The Morgan fingerprint density at radius 3 is 2.39 bits per heavy atom. The predicted octanol–water partition coefficient (Wildman–Crippen LogP) is 1.48. The summed E-state index contributed by atoms with van der Waals surface area (Å²) in [6.45, 7) is 13.3. The molecular weight excluding hydrogens is 228 g/mol. The molecule has 4 nitrogen and oxygen atoms in total. The second kappa shape index (κ2) is 8.86. The van der Waals surface area contributed by atoms with E-state index >= 15 is 0 Å². The number of nitrogens with one attached hydrogen (secondary N) is 1. The molecule has 2 N–H and O–H groups in total. The summed E-state index contributed by atoms with van der Waals surface area (Å²) < 4.78 is 5.14. The zero-order valence-electron chi connectivity index (χ0n) is 13.0. The highest BCUT2D eigenvalue weighted by Gasteiger charge is 2.26. The molecule has 18 heavy (non-hydrogen) atoms. The molecule has 0 aliphatic carbocycles. The minimum absolute atomic E-state index is 0.396. The van der Waals surface area contributed by atoms with Gasteiger partial charge in [-0.2, -0.15) is 0 Å². The molecule has 0 amide bonds. The van der Waals surface area contributed by atoms with Crippen LogP contribution in [-0.4, -0.2) is 61.0 Å². The van der Waals surface area contributed by atoms with Gasteiger partial charge in [0.05, 0.1) is 12.2 Å². The van der Waals surface area contributed by atoms with Crippen LogP contribution < -0.4 is 5.32 Å². The largest absolute Gasteiger partial charge is 0.388 e. The van der Waals surface area contributed by atoms with Gasteiger partial charge in [0.25, 0.3) is 0 Å². The van der Waals surface area contributed by atoms with E-state index in [-0.39, 0.29) is 0 Å². The van der Waals surface area contributed by atoms with Gasteiger partial charge < -0.3 is 15.2 Å². The first-order valence-corrected chi connectivity index (χ1v) is 7.01. The topological polar surface area (TPSA) is 44.7 Å². The average Bonchev–Trinajstić information content (AvgIpc) is 2.31. The fraction of sp³-hybridized carbons (Fsp3) is 1.00. The monoisotopic (exact) mass is 260 g/mol. The summed E-state index contributed by atoms with van der Waals surface area (Å²) in [5.41, 5.74) is -0.707. The van der Waals surface area contributed by atoms with E-state index in [2.05, 4.69) is 37.9 Å². The fourth-order valence-corrected chi connectivity index (χ4v) is 1.84. The zero-order chi connectivity index (χ0) is 14.2. The van der Waals surface area contributed by atoms with Gasteiger partial charge in [0.15, 0.2) is 0 Å². The standard InChI is InChI=1S/C14H32N2O2/c1-7-13(4)16(8-9-18-6)11-14(5,17)10-15-12(2)3/h12-13,15,17H,7-11H2,1-6H3. The molecule has 0 aliphatic rings. The van der Waals surface area contributed by atoms with Crippen molar-refractivity contribution in [1.82, 2.24) is 10.2 Å². The molecule has 110 valence electrons. The number of methoxy groups -OCH3 is 1. The van der Waals surface area contributed by atoms with E-state index in [4.69, 9.17) is 4.74 Å². The molecule has 0 spiro atoms. The van der Waals surface area contributed by atoms with Gasteiger partial charge in [-0.3, -0.25) is 4.90 Å². The molecule has 0 fully saturated rings. The van der Waals surface area contributed by atoms with Crippen molar-refractivity contribution in [2.24, 2.45) is 0 Å². The van der Waals surface area contributed by atoms with Crippen molar-refractivity contribution < 1.29 is 9.84 Å². The lowest BCUT2D eigenvalue weighted by Crippen LogP contribution is -2.51. The van der Waals surface area contributed by atoms with Crippen LogP contribution in [0.2, 0.25) is 0 Å². The van der Waals surface area contributed by atoms with Gasteiger partial charge in [0.2, 0.25) is 0 Å². The zero-order valence-corrected chi connectivity index (χ0v) is 13.0. The third kappa shape index (κ3) is 8.03. The van der Waals surface area contributed by atoms with E-state index in [9.17, 15) is 5.11 Å². The van der Waals surface area contributed by atoms with E-state index in [1.165, 1.54) is 0 Å². The second-order valence-electron chi connectivity index (χ2n) is 5.75. The molecule has 0 rings (SSSR count). The molecule has 0 saturated heterocycles. The van der Waals surface area contributed by atoms with Gasteiger partial charge in [-0.15, -0.1) is 0 Å². The summed E-state index contributed by atoms with van der Waals surface area (Å²) in [6.07, 6.45) is 1.08. The summed E-state index contributed by atoms with van der Waals surface area (Å²) in [5, 5.41) is 13.7. The first kappa shape index (κ1) is 17.8. The van der Waals surface area contributed by atoms with Crippen molar-refractivity contribution in [3.63, 3.8) is 0 Å². The van der Waals surface area contributed by atoms with Crippen molar-refractivity contribution in [2.45, 2.75) is 58.7 Å². The van der Waals surface area contributed by atoms with E-state index in [1.807, 2.05) is 6.92 Å². The second-order valence-corrected chi connectivity index (χ2v) is 5.75. The number of hydrogen-bond acceptors (Lipinski definition) is 4. The Bertz CT molecular complexity index is 208. The maximum atomic E-state index is 10.4. The maximum absolute atomic E-state index is 10.4. The lowest BCUT2D eigenvalue weighted by atomic mass is 10.0. The van der Waals surface area contributed by atoms with Crippen LogP contribution in [0.4, 0.5) is 0 Å². The summed E-state index contributed by atoms with van der Waals surface area (Å²) in [5.74, 6) is 0. The van der Waals surface area contributed by atoms with Gasteiger partial charge in [0, 0.05) is 38.8 Å². The molecule has 0 bridgehead atoms. The van der Waals surface area contributed by atoms with Crippen molar-refractivity contribution in [3.8, 4) is 0 Å². The highest BCUT2D eigenvalue weighted by Crippen LogP contribution is 2.11. The van der Waals surface area contributed by atoms with Crippen molar-refractivity contribution in [1.29, 1.82) is 0 Å². The van der Waals surface area contributed by atoms with Gasteiger partial charge in [0.1, 0.15) is 0 Å². The van der Waals surface area contributed by atoms with Crippen LogP contribution in [0.25, 0.3) is 0 Å². The lowest BCUT2D eigenvalue weighted by molar-refractivity contribution is -0.000710. The highest BCUT2D eigenvalue weighted by molar-refractivity contribution is 4.82. The van der Waals surface area contributed by atoms with E-state index in [0.29, 0.717) is 31.8 Å². The molecule has 0 aromatic rings. The molecular formula is C14H32N2O2. The van der Waals surface area contributed by atoms with Crippen LogP contribution in [0.1, 0.15) is 41.0 Å². The predicted molar refractivity (Wildman–Crippen MR) is 77.0 cm³/mol. The molecule has 0 saturated carbocycles. The summed E-state index contributed by atoms with van der Waals surface area (Å²) in [6, 6.07) is 0.859. The molecule has 0 aliphatic heterocycles. The fourth-order valence-electron chi connectivity index (χ4n) is 1.84. The Balaban J connectivity index is 4.34. The minimum Gasteiger partial charge on any atom is -0.388 e. The first-order valence-electron chi connectivity index (χ1n) is 7.01. The molecule has 0 aromatic carbocycles. The summed E-state index contributed by atoms with van der Waals surface area (Å²) in [4.78, 5) is 2.30. The van der Waals surface area contributed by atoms with E-state index in [1.54, 1.807) is 7.11 Å². The van der Waals surface area contributed by atoms with Crippen LogP contribution in [-0.2, 0) is 4.74 Å². The Morgan fingerprint density at radius 2 is 1.94 bits per heavy atom. The maximum Gasteiger partial charge on any atom is 0.0869 e. The smallest absolute Gasteiger partial charge is 0.0869 e. The van der Waals surface area contributed by atoms with Gasteiger partial charge >= 0.3 is 0 Å². The van der Waals surface area contributed by atoms with Crippen LogP contribution in [0.3, 0.4) is 0 Å². The molecule has 0 aromatic heterocycles. The Morgan fingerprint density at radius 1 is 1.33 bits per heavy atom. The molecule has 2 atom stereocenters. The molecule has 2 unspecified atom stereocenters. The number of ether oxygens (including phenoxy) is 1. The summed E-state index contributed by atoms with van der Waals surface area (Å²) >= 11 is 0. The third-order valence-electron chi connectivity index (χ3n) is 3.23. The average molecular weight is 260 g/mol. The van der Waals surface area contributed by atoms with Crippen LogP contribution in [0, 0.1) is 0 Å². The van der Waals surface area contributed by atoms with Crippen molar-refractivity contribution in [2.75, 3.05) is 33.4 Å². The third-order valence-corrected chi connectivity index (χ3v) is 3.23. The van der Waals surface area contributed by atoms with E-state index in [0.717, 1.165) is 13.0 Å². The summed E-state index contributed by atoms with van der Waals surface area (Å²) in [7, 11) is 1.72. The molecule has 4 heteroatoms.